The Kier molecular flexibility index (Phi) is 7.17. The number of nitrogens with two attached hydrogens (primary N) is 2. The molecule has 2 saturated carbocycles. The van der Waals surface area contributed by atoms with Crippen LogP contribution >= 0.6 is 0 Å². The predicted molar refractivity (Wildman–Crippen MR) is 132 cm³/mol. The molecule has 186 valence electrons. The molecule has 2 fully saturated rings. The molecule has 0 radical (unpaired) electrons. The number of nitrogens with one attached hydrogen (secondary N) is 2. The van der Waals surface area contributed by atoms with Crippen molar-refractivity contribution in [2.45, 2.75) is 37.6 Å². The summed E-state index contributed by atoms with van der Waals surface area (Å²) in [6.45, 7) is 0.553. The Morgan fingerprint density at radius 3 is 2.60 bits per heavy atom. The maximum absolute atomic E-state index is 12.1. The van der Waals surface area contributed by atoms with Crippen LogP contribution in [0.4, 0.5) is 17.2 Å². The fraction of sp³-hybridized carbons (Fsp3) is 0.417. The number of carbonyl (C=O) groups is 2. The van der Waals surface area contributed by atoms with Crippen molar-refractivity contribution in [1.29, 1.82) is 0 Å². The molecule has 0 aliphatic heterocycles. The molecule has 35 heavy (non-hydrogen) atoms. The molecular weight excluding hydrogens is 450 g/mol. The van der Waals surface area contributed by atoms with Gasteiger partial charge in [-0.1, -0.05) is 12.1 Å². The van der Waals surface area contributed by atoms with E-state index in [2.05, 4.69) is 20.8 Å². The third-order valence-electron chi connectivity index (χ3n) is 6.41. The highest BCUT2D eigenvalue weighted by Crippen LogP contribution is 2.38. The maximum Gasteiger partial charge on any atom is 0.271 e. The molecule has 4 rings (SSSR count). The molecule has 1 aromatic carbocycles. The Morgan fingerprint density at radius 2 is 2.00 bits per heavy atom. The highest BCUT2D eigenvalue weighted by Gasteiger charge is 2.40. The van der Waals surface area contributed by atoms with E-state index < -0.39 is 5.91 Å². The lowest BCUT2D eigenvalue weighted by atomic mass is 9.77. The number of nitrogens with zero attached hydrogens (tertiary/aromatic N) is 3. The zero-order chi connectivity index (χ0) is 25.0. The number of hydrazine groups is 1. The van der Waals surface area contributed by atoms with Gasteiger partial charge < -0.3 is 30.8 Å². The second-order valence-electron chi connectivity index (χ2n) is 8.91. The van der Waals surface area contributed by atoms with E-state index in [4.69, 9.17) is 21.1 Å². The second-order valence-corrected chi connectivity index (χ2v) is 8.91. The van der Waals surface area contributed by atoms with Crippen LogP contribution in [0.2, 0.25) is 0 Å². The third-order valence-corrected chi connectivity index (χ3v) is 6.41. The van der Waals surface area contributed by atoms with Crippen LogP contribution in [-0.2, 0) is 9.53 Å². The van der Waals surface area contributed by atoms with Gasteiger partial charge in [0.15, 0.2) is 11.5 Å². The summed E-state index contributed by atoms with van der Waals surface area (Å²) in [7, 11) is 3.23. The van der Waals surface area contributed by atoms with E-state index in [1.807, 2.05) is 24.4 Å². The van der Waals surface area contributed by atoms with Gasteiger partial charge in [-0.05, 0) is 44.2 Å². The van der Waals surface area contributed by atoms with Crippen molar-refractivity contribution in [3.05, 3.63) is 41.7 Å². The van der Waals surface area contributed by atoms with Crippen LogP contribution in [-0.4, -0.2) is 53.4 Å². The molecule has 11 nitrogen and oxygen atoms in total. The zero-order valence-corrected chi connectivity index (χ0v) is 19.9. The van der Waals surface area contributed by atoms with E-state index >= 15 is 0 Å². The molecule has 2 aliphatic rings. The van der Waals surface area contributed by atoms with Crippen molar-refractivity contribution < 1.29 is 19.1 Å². The Morgan fingerprint density at radius 1 is 1.23 bits per heavy atom. The first-order valence-electron chi connectivity index (χ1n) is 11.5. The monoisotopic (exact) mass is 481 g/mol. The molecule has 0 bridgehead atoms. The lowest BCUT2D eigenvalue weighted by Gasteiger charge is -2.47. The fourth-order valence-electron chi connectivity index (χ4n) is 4.11. The number of para-hydroxylation sites is 1. The molecule has 0 spiro atoms. The average molecular weight is 482 g/mol. The van der Waals surface area contributed by atoms with Gasteiger partial charge in [0, 0.05) is 30.9 Å². The normalized spacial score (nSPS) is 16.4. The minimum absolute atomic E-state index is 0.00216. The molecule has 2 aliphatic carbocycles. The standard InChI is InChI=1S/C24H31N7O4/c1-34-14-24(10-4-11-24)31(26)12-9-15-5-3-6-17(21(15)35-2)27-18-13-19(28-23(33)16-7-8-16)29-30-20(18)22(25)32/h3,5-6,9,12-13,16H,4,7-8,10-11,14,26H2,1-2H3,(H2,25,32)(H2,27,28,29,33)/b12-9+. The van der Waals surface area contributed by atoms with Crippen LogP contribution in [0.25, 0.3) is 6.08 Å². The summed E-state index contributed by atoms with van der Waals surface area (Å²) in [5.74, 6) is 6.23. The average Bonchev–Trinajstić information content (AvgIpc) is 3.65. The third kappa shape index (κ3) is 5.36. The Hall–Kier alpha value is -3.70. The summed E-state index contributed by atoms with van der Waals surface area (Å²) in [4.78, 5) is 24.1. The molecule has 0 saturated heterocycles. The Bertz CT molecular complexity index is 1130. The quantitative estimate of drug-likeness (QED) is 0.279. The SMILES string of the molecule is COCC1(N(N)/C=C/c2cccc(Nc3cc(NC(=O)C4CC4)nnc3C(N)=O)c2OC)CCC1. The summed E-state index contributed by atoms with van der Waals surface area (Å²) >= 11 is 0. The van der Waals surface area contributed by atoms with Crippen LogP contribution in [0.15, 0.2) is 30.5 Å². The number of ether oxygens (including phenoxy) is 2. The largest absolute Gasteiger partial charge is 0.494 e. The summed E-state index contributed by atoms with van der Waals surface area (Å²) in [6, 6.07) is 7.05. The zero-order valence-electron chi connectivity index (χ0n) is 19.9. The molecule has 11 heteroatoms. The van der Waals surface area contributed by atoms with E-state index in [1.54, 1.807) is 25.3 Å². The molecule has 1 heterocycles. The second kappa shape index (κ2) is 10.3. The van der Waals surface area contributed by atoms with Gasteiger partial charge in [0.25, 0.3) is 5.91 Å². The van der Waals surface area contributed by atoms with Crippen molar-refractivity contribution in [1.82, 2.24) is 15.2 Å². The molecule has 6 N–H and O–H groups in total. The highest BCUT2D eigenvalue weighted by molar-refractivity contribution is 5.99. The number of aromatic nitrogens is 2. The van der Waals surface area contributed by atoms with Crippen LogP contribution in [0.3, 0.4) is 0 Å². The van der Waals surface area contributed by atoms with Gasteiger partial charge in [0.1, 0.15) is 5.75 Å². The topological polar surface area (TPSA) is 158 Å². The molecule has 0 unspecified atom stereocenters. The van der Waals surface area contributed by atoms with Crippen LogP contribution in [0, 0.1) is 5.92 Å². The number of benzene rings is 1. The van der Waals surface area contributed by atoms with Crippen molar-refractivity contribution in [2.24, 2.45) is 17.5 Å². The first kappa shape index (κ1) is 24.4. The lowest BCUT2D eigenvalue weighted by Crippen LogP contribution is -2.57. The van der Waals surface area contributed by atoms with Gasteiger partial charge in [0.2, 0.25) is 5.91 Å². The number of amides is 2. The minimum atomic E-state index is -0.752. The van der Waals surface area contributed by atoms with E-state index in [9.17, 15) is 9.59 Å². The van der Waals surface area contributed by atoms with Gasteiger partial charge in [-0.25, -0.2) is 5.84 Å². The van der Waals surface area contributed by atoms with Crippen LogP contribution in [0.1, 0.15) is 48.2 Å². The van der Waals surface area contributed by atoms with Gasteiger partial charge in [-0.15, -0.1) is 10.2 Å². The van der Waals surface area contributed by atoms with Gasteiger partial charge in [-0.3, -0.25) is 9.59 Å². The Balaban J connectivity index is 1.59. The van der Waals surface area contributed by atoms with Crippen molar-refractivity contribution in [2.75, 3.05) is 31.5 Å². The predicted octanol–water partition coefficient (Wildman–Crippen LogP) is 2.39. The molecule has 0 atom stereocenters. The van der Waals surface area contributed by atoms with Gasteiger partial charge in [0.05, 0.1) is 30.6 Å². The summed E-state index contributed by atoms with van der Waals surface area (Å²) in [6.07, 6.45) is 8.42. The number of carbonyl (C=O) groups excluding carboxylic acids is 2. The van der Waals surface area contributed by atoms with Crippen LogP contribution in [0.5, 0.6) is 5.75 Å². The van der Waals surface area contributed by atoms with Crippen molar-refractivity contribution in [3.8, 4) is 5.75 Å². The first-order chi connectivity index (χ1) is 16.9. The summed E-state index contributed by atoms with van der Waals surface area (Å²) in [5, 5.41) is 15.4. The van der Waals surface area contributed by atoms with E-state index in [-0.39, 0.29) is 28.9 Å². The highest BCUT2D eigenvalue weighted by atomic mass is 16.5. The number of hydrogen-bond donors (Lipinski definition) is 4. The number of hydrogen-bond acceptors (Lipinski definition) is 9. The maximum atomic E-state index is 12.1. The Labute approximate surface area is 203 Å². The first-order valence-corrected chi connectivity index (χ1v) is 11.5. The summed E-state index contributed by atoms with van der Waals surface area (Å²) < 4.78 is 11.0. The molecule has 2 amide bonds. The van der Waals surface area contributed by atoms with E-state index in [0.29, 0.717) is 23.7 Å². The molecule has 1 aromatic heterocycles. The lowest BCUT2D eigenvalue weighted by molar-refractivity contribution is -0.117. The van der Waals surface area contributed by atoms with E-state index in [0.717, 1.165) is 37.7 Å². The fourth-order valence-corrected chi connectivity index (χ4v) is 4.11. The number of anilines is 3. The minimum Gasteiger partial charge on any atom is -0.494 e. The molecular formula is C24H31N7O4. The van der Waals surface area contributed by atoms with Gasteiger partial charge in [-0.2, -0.15) is 0 Å². The number of methoxy groups -OCH3 is 2. The summed E-state index contributed by atoms with van der Waals surface area (Å²) in [5.41, 5.74) is 6.88. The van der Waals surface area contributed by atoms with Crippen molar-refractivity contribution >= 4 is 35.1 Å². The smallest absolute Gasteiger partial charge is 0.271 e. The van der Waals surface area contributed by atoms with E-state index in [1.165, 1.54) is 6.07 Å². The van der Waals surface area contributed by atoms with Crippen LogP contribution < -0.4 is 26.9 Å². The number of rotatable bonds is 11. The molecule has 2 aromatic rings. The van der Waals surface area contributed by atoms with Crippen molar-refractivity contribution in [3.63, 3.8) is 0 Å². The van der Waals surface area contributed by atoms with Gasteiger partial charge >= 0.3 is 0 Å². The number of primary amides is 1.